The molecular formula is C17H20ClN5O3. The first-order valence-electron chi connectivity index (χ1n) is 8.34. The van der Waals surface area contributed by atoms with Gasteiger partial charge >= 0.3 is 0 Å². The number of aryl methyl sites for hydroxylation is 1. The van der Waals surface area contributed by atoms with Crippen LogP contribution in [-0.2, 0) is 11.2 Å². The van der Waals surface area contributed by atoms with E-state index in [2.05, 4.69) is 15.2 Å². The van der Waals surface area contributed by atoms with Crippen LogP contribution in [0.1, 0.15) is 22.6 Å². The lowest BCUT2D eigenvalue weighted by molar-refractivity contribution is -0.132. The fraction of sp³-hybridized carbons (Fsp3) is 0.412. The van der Waals surface area contributed by atoms with Crippen molar-refractivity contribution in [2.24, 2.45) is 0 Å². The van der Waals surface area contributed by atoms with E-state index >= 15 is 0 Å². The third kappa shape index (κ3) is 4.32. The van der Waals surface area contributed by atoms with Crippen LogP contribution < -0.4 is 4.74 Å². The van der Waals surface area contributed by atoms with Gasteiger partial charge in [-0.15, -0.1) is 5.10 Å². The second kappa shape index (κ2) is 8.18. The molecule has 138 valence electrons. The van der Waals surface area contributed by atoms with E-state index < -0.39 is 0 Å². The number of carbonyl (C=O) groups is 2. The summed E-state index contributed by atoms with van der Waals surface area (Å²) in [6, 6.07) is 7.04. The minimum absolute atomic E-state index is 0.0314. The van der Waals surface area contributed by atoms with Gasteiger partial charge in [0.2, 0.25) is 11.2 Å². The normalized spacial score (nSPS) is 14.4. The molecule has 0 saturated carbocycles. The largest absolute Gasteiger partial charge is 0.497 e. The van der Waals surface area contributed by atoms with Crippen molar-refractivity contribution in [2.75, 3.05) is 33.3 Å². The molecule has 2 amide bonds. The number of ether oxygens (including phenoxy) is 1. The van der Waals surface area contributed by atoms with Crippen LogP contribution in [0.3, 0.4) is 0 Å². The molecule has 0 bridgehead atoms. The van der Waals surface area contributed by atoms with E-state index in [1.165, 1.54) is 0 Å². The van der Waals surface area contributed by atoms with Crippen LogP contribution >= 0.6 is 11.6 Å². The highest BCUT2D eigenvalue weighted by atomic mass is 35.5. The average molecular weight is 378 g/mol. The summed E-state index contributed by atoms with van der Waals surface area (Å²) in [6.07, 6.45) is 0.793. The van der Waals surface area contributed by atoms with E-state index in [1.807, 2.05) is 0 Å². The van der Waals surface area contributed by atoms with Gasteiger partial charge in [0.15, 0.2) is 0 Å². The molecule has 2 aromatic rings. The van der Waals surface area contributed by atoms with Crippen molar-refractivity contribution >= 4 is 23.4 Å². The molecule has 1 saturated heterocycles. The van der Waals surface area contributed by atoms with Crippen molar-refractivity contribution in [1.29, 1.82) is 0 Å². The molecule has 1 aliphatic rings. The van der Waals surface area contributed by atoms with Crippen LogP contribution in [0.2, 0.25) is 5.28 Å². The number of nitrogens with one attached hydrogen (secondary N) is 1. The van der Waals surface area contributed by atoms with Gasteiger partial charge in [-0.3, -0.25) is 14.7 Å². The Hall–Kier alpha value is -2.61. The Morgan fingerprint density at radius 3 is 2.38 bits per heavy atom. The molecule has 1 aromatic heterocycles. The van der Waals surface area contributed by atoms with Gasteiger partial charge in [-0.25, -0.2) is 4.98 Å². The Labute approximate surface area is 156 Å². The molecule has 0 spiro atoms. The molecule has 9 heteroatoms. The van der Waals surface area contributed by atoms with E-state index in [-0.39, 0.29) is 17.1 Å². The number of halogens is 1. The second-order valence-corrected chi connectivity index (χ2v) is 6.29. The van der Waals surface area contributed by atoms with Crippen molar-refractivity contribution in [3.63, 3.8) is 0 Å². The van der Waals surface area contributed by atoms with Crippen molar-refractivity contribution in [3.8, 4) is 5.75 Å². The molecule has 1 aliphatic heterocycles. The van der Waals surface area contributed by atoms with E-state index in [1.54, 1.807) is 41.2 Å². The summed E-state index contributed by atoms with van der Waals surface area (Å²) in [4.78, 5) is 32.4. The quantitative estimate of drug-likeness (QED) is 0.850. The third-order valence-corrected chi connectivity index (χ3v) is 4.51. The van der Waals surface area contributed by atoms with Gasteiger partial charge in [0.25, 0.3) is 5.91 Å². The maximum atomic E-state index is 12.5. The minimum Gasteiger partial charge on any atom is -0.497 e. The second-order valence-electron chi connectivity index (χ2n) is 5.95. The number of aromatic nitrogens is 3. The van der Waals surface area contributed by atoms with E-state index in [0.29, 0.717) is 56.2 Å². The topological polar surface area (TPSA) is 91.4 Å². The van der Waals surface area contributed by atoms with Crippen molar-refractivity contribution in [3.05, 3.63) is 40.9 Å². The molecule has 2 heterocycles. The van der Waals surface area contributed by atoms with Crippen LogP contribution in [0.5, 0.6) is 5.75 Å². The lowest BCUT2D eigenvalue weighted by Gasteiger charge is -2.34. The smallest absolute Gasteiger partial charge is 0.253 e. The summed E-state index contributed by atoms with van der Waals surface area (Å²) < 4.78 is 5.10. The minimum atomic E-state index is -0.0314. The number of methoxy groups -OCH3 is 1. The number of rotatable bonds is 5. The summed E-state index contributed by atoms with van der Waals surface area (Å²) in [5, 5.41) is 6.57. The zero-order chi connectivity index (χ0) is 18.5. The summed E-state index contributed by atoms with van der Waals surface area (Å²) in [5.74, 6) is 1.31. The van der Waals surface area contributed by atoms with Crippen LogP contribution in [0, 0.1) is 0 Å². The zero-order valence-corrected chi connectivity index (χ0v) is 15.2. The summed E-state index contributed by atoms with van der Waals surface area (Å²) >= 11 is 5.64. The number of amides is 2. The third-order valence-electron chi connectivity index (χ3n) is 4.34. The van der Waals surface area contributed by atoms with E-state index in [0.717, 1.165) is 0 Å². The maximum Gasteiger partial charge on any atom is 0.253 e. The van der Waals surface area contributed by atoms with Gasteiger partial charge in [0.05, 0.1) is 7.11 Å². The fourth-order valence-corrected chi connectivity index (χ4v) is 2.99. The summed E-state index contributed by atoms with van der Waals surface area (Å²) in [7, 11) is 1.59. The number of benzene rings is 1. The van der Waals surface area contributed by atoms with Crippen LogP contribution in [-0.4, -0.2) is 70.1 Å². The van der Waals surface area contributed by atoms with E-state index in [9.17, 15) is 9.59 Å². The molecule has 0 aliphatic carbocycles. The van der Waals surface area contributed by atoms with Gasteiger partial charge in [0, 0.05) is 44.6 Å². The number of aromatic amines is 1. The predicted octanol–water partition coefficient (Wildman–Crippen LogP) is 1.38. The highest BCUT2D eigenvalue weighted by molar-refractivity contribution is 6.28. The first-order chi connectivity index (χ1) is 12.6. The van der Waals surface area contributed by atoms with Gasteiger partial charge in [-0.2, -0.15) is 0 Å². The van der Waals surface area contributed by atoms with Gasteiger partial charge < -0.3 is 14.5 Å². The number of hydrogen-bond acceptors (Lipinski definition) is 5. The predicted molar refractivity (Wildman–Crippen MR) is 95.2 cm³/mol. The molecule has 1 fully saturated rings. The van der Waals surface area contributed by atoms with Crippen molar-refractivity contribution in [2.45, 2.75) is 12.8 Å². The number of hydrogen-bond donors (Lipinski definition) is 1. The molecule has 8 nitrogen and oxygen atoms in total. The van der Waals surface area contributed by atoms with E-state index in [4.69, 9.17) is 16.3 Å². The first-order valence-corrected chi connectivity index (χ1v) is 8.72. The molecule has 0 atom stereocenters. The summed E-state index contributed by atoms with van der Waals surface area (Å²) in [6.45, 7) is 2.09. The van der Waals surface area contributed by atoms with Gasteiger partial charge in [-0.1, -0.05) is 0 Å². The Bertz CT molecular complexity index is 769. The maximum absolute atomic E-state index is 12.5. The fourth-order valence-electron chi connectivity index (χ4n) is 2.84. The lowest BCUT2D eigenvalue weighted by atomic mass is 10.1. The standard InChI is InChI=1S/C17H20ClN5O3/c1-26-13-4-2-12(3-5-13)16(25)23-10-8-22(9-11-23)15(24)7-6-14-19-17(18)21-20-14/h2-5H,6-11H2,1H3,(H,19,20,21). The molecule has 26 heavy (non-hydrogen) atoms. The highest BCUT2D eigenvalue weighted by Crippen LogP contribution is 2.15. The molecular weight excluding hydrogens is 358 g/mol. The molecule has 3 rings (SSSR count). The average Bonchev–Trinajstić information content (AvgIpc) is 3.11. The van der Waals surface area contributed by atoms with Gasteiger partial charge in [-0.05, 0) is 35.9 Å². The van der Waals surface area contributed by atoms with Crippen LogP contribution in [0.4, 0.5) is 0 Å². The number of nitrogens with zero attached hydrogens (tertiary/aromatic N) is 4. The Morgan fingerprint density at radius 2 is 1.81 bits per heavy atom. The molecule has 0 unspecified atom stereocenters. The highest BCUT2D eigenvalue weighted by Gasteiger charge is 2.24. The SMILES string of the molecule is COc1ccc(C(=O)N2CCN(C(=O)CCc3nc(Cl)n[nH]3)CC2)cc1. The van der Waals surface area contributed by atoms with Crippen LogP contribution in [0.25, 0.3) is 0 Å². The Balaban J connectivity index is 1.48. The molecule has 0 radical (unpaired) electrons. The molecule has 1 N–H and O–H groups in total. The molecule has 1 aromatic carbocycles. The Kier molecular flexibility index (Phi) is 5.72. The van der Waals surface area contributed by atoms with Crippen molar-refractivity contribution in [1.82, 2.24) is 25.0 Å². The number of carbonyl (C=O) groups excluding carboxylic acids is 2. The van der Waals surface area contributed by atoms with Crippen molar-refractivity contribution < 1.29 is 14.3 Å². The zero-order valence-electron chi connectivity index (χ0n) is 14.4. The van der Waals surface area contributed by atoms with Crippen LogP contribution in [0.15, 0.2) is 24.3 Å². The van der Waals surface area contributed by atoms with Gasteiger partial charge in [0.1, 0.15) is 11.6 Å². The number of H-pyrrole nitrogens is 1. The summed E-state index contributed by atoms with van der Waals surface area (Å²) in [5.41, 5.74) is 0.618. The number of piperazine rings is 1. The lowest BCUT2D eigenvalue weighted by Crippen LogP contribution is -2.50. The monoisotopic (exact) mass is 377 g/mol. The first kappa shape index (κ1) is 18.2. The Morgan fingerprint density at radius 1 is 1.15 bits per heavy atom.